The number of alkyl halides is 3. The Morgan fingerprint density at radius 3 is 2.15 bits per heavy atom. The summed E-state index contributed by atoms with van der Waals surface area (Å²) in [7, 11) is -3.98. The van der Waals surface area contributed by atoms with E-state index in [0.717, 1.165) is 12.1 Å². The molecule has 8 heteroatoms. The third-order valence-electron chi connectivity index (χ3n) is 2.45. The van der Waals surface area contributed by atoms with Crippen LogP contribution in [-0.2, 0) is 22.3 Å². The molecule has 0 bridgehead atoms. The Hall–Kier alpha value is -1.12. The van der Waals surface area contributed by atoms with Crippen LogP contribution < -0.4 is 10.0 Å². The first kappa shape index (κ1) is 16.9. The second-order valence-electron chi connectivity index (χ2n) is 4.29. The van der Waals surface area contributed by atoms with Gasteiger partial charge in [0, 0.05) is 6.54 Å². The second-order valence-corrected chi connectivity index (χ2v) is 6.10. The van der Waals surface area contributed by atoms with E-state index in [9.17, 15) is 21.6 Å². The molecule has 1 aromatic carbocycles. The third kappa shape index (κ3) is 6.88. The molecule has 4 nitrogen and oxygen atoms in total. The second kappa shape index (κ2) is 7.05. The Morgan fingerprint density at radius 2 is 1.65 bits per heavy atom. The summed E-state index contributed by atoms with van der Waals surface area (Å²) in [5.41, 5.74) is 1.43. The summed E-state index contributed by atoms with van der Waals surface area (Å²) in [6.07, 6.45) is -4.55. The molecule has 20 heavy (non-hydrogen) atoms. The van der Waals surface area contributed by atoms with Gasteiger partial charge in [0.1, 0.15) is 6.54 Å². The molecule has 114 valence electrons. The van der Waals surface area contributed by atoms with Crippen molar-refractivity contribution in [2.75, 3.05) is 13.1 Å². The maximum absolute atomic E-state index is 12.0. The molecule has 0 atom stereocenters. The molecule has 2 N–H and O–H groups in total. The van der Waals surface area contributed by atoms with Crippen LogP contribution in [-0.4, -0.2) is 27.7 Å². The molecule has 0 radical (unpaired) electrons. The normalized spacial score (nSPS) is 12.6. The van der Waals surface area contributed by atoms with E-state index in [1.54, 1.807) is 24.3 Å². The van der Waals surface area contributed by atoms with Crippen LogP contribution >= 0.6 is 0 Å². The molecule has 0 aliphatic carbocycles. The van der Waals surface area contributed by atoms with Crippen molar-refractivity contribution in [2.24, 2.45) is 0 Å². The summed E-state index contributed by atoms with van der Waals surface area (Å²) in [5, 5.41) is 3.11. The highest BCUT2D eigenvalue weighted by Gasteiger charge is 2.29. The lowest BCUT2D eigenvalue weighted by Crippen LogP contribution is -2.34. The zero-order valence-corrected chi connectivity index (χ0v) is 11.8. The molecular formula is C12H17F3N2O2S. The summed E-state index contributed by atoms with van der Waals surface area (Å²) < 4.78 is 60.4. The van der Waals surface area contributed by atoms with Gasteiger partial charge in [-0.05, 0) is 17.7 Å². The standard InChI is InChI=1S/C12H17F3N2O2S/c1-2-16-7-10-3-5-11(6-4-10)8-20(18,19)17-9-12(13,14)15/h3-6,16-17H,2,7-9H2,1H3. The SMILES string of the molecule is CCNCc1ccc(CS(=O)(=O)NCC(F)(F)F)cc1. The van der Waals surface area contributed by atoms with Crippen LogP contribution in [0.2, 0.25) is 0 Å². The molecule has 0 saturated heterocycles. The van der Waals surface area contributed by atoms with Gasteiger partial charge in [0.2, 0.25) is 10.0 Å². The van der Waals surface area contributed by atoms with E-state index in [-0.39, 0.29) is 0 Å². The predicted molar refractivity (Wildman–Crippen MR) is 70.5 cm³/mol. The molecule has 0 saturated carbocycles. The zero-order chi connectivity index (χ0) is 15.2. The summed E-state index contributed by atoms with van der Waals surface area (Å²) in [5.74, 6) is -0.468. The van der Waals surface area contributed by atoms with E-state index >= 15 is 0 Å². The van der Waals surface area contributed by atoms with E-state index in [1.165, 1.54) is 4.72 Å². The minimum Gasteiger partial charge on any atom is -0.313 e. The Morgan fingerprint density at radius 1 is 1.10 bits per heavy atom. The van der Waals surface area contributed by atoms with Crippen molar-refractivity contribution < 1.29 is 21.6 Å². The Balaban J connectivity index is 2.59. The van der Waals surface area contributed by atoms with Crippen LogP contribution in [0.4, 0.5) is 13.2 Å². The molecule has 0 heterocycles. The van der Waals surface area contributed by atoms with Gasteiger partial charge in [-0.25, -0.2) is 13.1 Å². The monoisotopic (exact) mass is 310 g/mol. The average Bonchev–Trinajstić information content (AvgIpc) is 2.35. The molecule has 0 aliphatic rings. The van der Waals surface area contributed by atoms with Crippen LogP contribution in [0, 0.1) is 0 Å². The van der Waals surface area contributed by atoms with E-state index in [2.05, 4.69) is 5.32 Å². The van der Waals surface area contributed by atoms with Crippen LogP contribution in [0.15, 0.2) is 24.3 Å². The van der Waals surface area contributed by atoms with Crippen molar-refractivity contribution in [2.45, 2.75) is 25.4 Å². The first-order valence-corrected chi connectivity index (χ1v) is 7.70. The number of rotatable bonds is 7. The van der Waals surface area contributed by atoms with Gasteiger partial charge in [0.05, 0.1) is 5.75 Å². The Bertz CT molecular complexity index is 512. The summed E-state index contributed by atoms with van der Waals surface area (Å²) >= 11 is 0. The summed E-state index contributed by atoms with van der Waals surface area (Å²) in [6.45, 7) is 1.90. The fourth-order valence-corrected chi connectivity index (χ4v) is 2.60. The number of hydrogen-bond donors (Lipinski definition) is 2. The number of hydrogen-bond acceptors (Lipinski definition) is 3. The van der Waals surface area contributed by atoms with E-state index in [0.29, 0.717) is 12.1 Å². The molecular weight excluding hydrogens is 293 g/mol. The minimum atomic E-state index is -4.55. The molecule has 0 aliphatic heterocycles. The summed E-state index contributed by atoms with van der Waals surface area (Å²) in [4.78, 5) is 0. The van der Waals surface area contributed by atoms with Gasteiger partial charge in [-0.1, -0.05) is 31.2 Å². The van der Waals surface area contributed by atoms with E-state index < -0.39 is 28.5 Å². The number of halogens is 3. The Labute approximate surface area is 116 Å². The minimum absolute atomic E-state index is 0.444. The maximum atomic E-state index is 12.0. The lowest BCUT2D eigenvalue weighted by atomic mass is 10.1. The first-order chi connectivity index (χ1) is 9.22. The van der Waals surface area contributed by atoms with Gasteiger partial charge in [-0.2, -0.15) is 13.2 Å². The number of sulfonamides is 1. The van der Waals surface area contributed by atoms with Gasteiger partial charge >= 0.3 is 6.18 Å². The van der Waals surface area contributed by atoms with E-state index in [4.69, 9.17) is 0 Å². The molecule has 1 aromatic rings. The number of nitrogens with one attached hydrogen (secondary N) is 2. The first-order valence-electron chi connectivity index (χ1n) is 6.04. The maximum Gasteiger partial charge on any atom is 0.402 e. The average molecular weight is 310 g/mol. The summed E-state index contributed by atoms with van der Waals surface area (Å²) in [6, 6.07) is 6.69. The molecule has 0 amide bonds. The van der Waals surface area contributed by atoms with Crippen LogP contribution in [0.1, 0.15) is 18.1 Å². The van der Waals surface area contributed by atoms with Crippen LogP contribution in [0.5, 0.6) is 0 Å². The fraction of sp³-hybridized carbons (Fsp3) is 0.500. The Kier molecular flexibility index (Phi) is 5.97. The van der Waals surface area contributed by atoms with Crippen LogP contribution in [0.25, 0.3) is 0 Å². The topological polar surface area (TPSA) is 58.2 Å². The third-order valence-corrected chi connectivity index (χ3v) is 3.75. The van der Waals surface area contributed by atoms with Gasteiger partial charge in [-0.3, -0.25) is 0 Å². The largest absolute Gasteiger partial charge is 0.402 e. The molecule has 0 fully saturated rings. The van der Waals surface area contributed by atoms with E-state index in [1.807, 2.05) is 6.92 Å². The van der Waals surface area contributed by atoms with Crippen molar-refractivity contribution in [1.29, 1.82) is 0 Å². The quantitative estimate of drug-likeness (QED) is 0.807. The fourth-order valence-electron chi connectivity index (χ4n) is 1.48. The van der Waals surface area contributed by atoms with Crippen LogP contribution in [0.3, 0.4) is 0 Å². The van der Waals surface area contributed by atoms with Crippen molar-refractivity contribution in [3.8, 4) is 0 Å². The lowest BCUT2D eigenvalue weighted by molar-refractivity contribution is -0.121. The highest BCUT2D eigenvalue weighted by molar-refractivity contribution is 7.88. The lowest BCUT2D eigenvalue weighted by Gasteiger charge is -2.09. The molecule has 0 unspecified atom stereocenters. The van der Waals surface area contributed by atoms with Gasteiger partial charge in [0.15, 0.2) is 0 Å². The van der Waals surface area contributed by atoms with Crippen molar-refractivity contribution >= 4 is 10.0 Å². The zero-order valence-electron chi connectivity index (χ0n) is 11.0. The number of benzene rings is 1. The van der Waals surface area contributed by atoms with Gasteiger partial charge in [0.25, 0.3) is 0 Å². The molecule has 0 spiro atoms. The van der Waals surface area contributed by atoms with Gasteiger partial charge in [-0.15, -0.1) is 0 Å². The van der Waals surface area contributed by atoms with Crippen molar-refractivity contribution in [3.63, 3.8) is 0 Å². The van der Waals surface area contributed by atoms with Crippen molar-refractivity contribution in [1.82, 2.24) is 10.0 Å². The van der Waals surface area contributed by atoms with Gasteiger partial charge < -0.3 is 5.32 Å². The highest BCUT2D eigenvalue weighted by Crippen LogP contribution is 2.14. The predicted octanol–water partition coefficient (Wildman–Crippen LogP) is 1.78. The molecule has 0 aromatic heterocycles. The van der Waals surface area contributed by atoms with Crippen molar-refractivity contribution in [3.05, 3.63) is 35.4 Å². The smallest absolute Gasteiger partial charge is 0.313 e. The molecule has 1 rings (SSSR count). The highest BCUT2D eigenvalue weighted by atomic mass is 32.2.